The van der Waals surface area contributed by atoms with E-state index >= 15 is 0 Å². The van der Waals surface area contributed by atoms with Crippen LogP contribution in [0.2, 0.25) is 0 Å². The molecule has 8 heteroatoms. The second-order valence-electron chi connectivity index (χ2n) is 7.32. The second kappa shape index (κ2) is 9.61. The number of hydrogen-bond donors (Lipinski definition) is 1. The Hall–Kier alpha value is -2.09. The first-order chi connectivity index (χ1) is 13.9. The zero-order valence-electron chi connectivity index (χ0n) is 16.5. The Morgan fingerprint density at radius 1 is 1.21 bits per heavy atom. The molecule has 1 aliphatic carbocycles. The topological polar surface area (TPSA) is 46.4 Å². The first-order valence-electron chi connectivity index (χ1n) is 10.0. The van der Waals surface area contributed by atoms with Crippen LogP contribution in [-0.2, 0) is 30.5 Å². The lowest BCUT2D eigenvalue weighted by Crippen LogP contribution is -2.27. The first-order valence-corrected chi connectivity index (χ1v) is 10.9. The van der Waals surface area contributed by atoms with Crippen LogP contribution in [0.15, 0.2) is 34.6 Å². The summed E-state index contributed by atoms with van der Waals surface area (Å²) in [5.74, 6) is -0.158. The molecule has 1 saturated carbocycles. The van der Waals surface area contributed by atoms with E-state index < -0.39 is 11.7 Å². The van der Waals surface area contributed by atoms with Gasteiger partial charge in [-0.1, -0.05) is 31.4 Å². The highest BCUT2D eigenvalue weighted by molar-refractivity contribution is 7.07. The fourth-order valence-electron chi connectivity index (χ4n) is 3.55. The van der Waals surface area contributed by atoms with Crippen LogP contribution in [0, 0.1) is 0 Å². The van der Waals surface area contributed by atoms with Crippen LogP contribution in [0.3, 0.4) is 0 Å². The quantitative estimate of drug-likeness (QED) is 0.718. The molecule has 2 aromatic rings. The molecule has 29 heavy (non-hydrogen) atoms. The van der Waals surface area contributed by atoms with Gasteiger partial charge in [0.1, 0.15) is 0 Å². The van der Waals surface area contributed by atoms with Gasteiger partial charge in [0.25, 0.3) is 0 Å². The molecule has 3 rings (SSSR count). The van der Waals surface area contributed by atoms with Crippen molar-refractivity contribution in [1.29, 1.82) is 0 Å². The third kappa shape index (κ3) is 5.95. The van der Waals surface area contributed by atoms with E-state index in [4.69, 9.17) is 4.99 Å². The Bertz CT molecular complexity index is 878. The average Bonchev–Trinajstić information content (AvgIpc) is 3.07. The molecule has 0 aliphatic heterocycles. The number of amides is 1. The minimum atomic E-state index is -4.35. The summed E-state index contributed by atoms with van der Waals surface area (Å²) < 4.78 is 39.9. The highest BCUT2D eigenvalue weighted by Gasteiger charge is 2.29. The van der Waals surface area contributed by atoms with E-state index in [9.17, 15) is 18.0 Å². The van der Waals surface area contributed by atoms with E-state index in [-0.39, 0.29) is 18.9 Å². The Morgan fingerprint density at radius 2 is 1.90 bits per heavy atom. The lowest BCUT2D eigenvalue weighted by molar-refractivity contribution is -0.137. The SMILES string of the molecule is CCn1c(CC(=O)NCc2ccc(C(F)(F)F)cc2)csc1=NC1CCCCC1. The highest BCUT2D eigenvalue weighted by Crippen LogP contribution is 2.29. The third-order valence-corrected chi connectivity index (χ3v) is 6.10. The van der Waals surface area contributed by atoms with Crippen molar-refractivity contribution in [3.8, 4) is 0 Å². The maximum Gasteiger partial charge on any atom is 0.416 e. The van der Waals surface area contributed by atoms with Gasteiger partial charge in [-0.3, -0.25) is 9.79 Å². The van der Waals surface area contributed by atoms with E-state index in [0.29, 0.717) is 11.6 Å². The predicted molar refractivity (Wildman–Crippen MR) is 107 cm³/mol. The van der Waals surface area contributed by atoms with E-state index in [0.717, 1.165) is 42.0 Å². The van der Waals surface area contributed by atoms with Gasteiger partial charge in [0.05, 0.1) is 18.0 Å². The Balaban J connectivity index is 1.60. The third-order valence-electron chi connectivity index (χ3n) is 5.17. The van der Waals surface area contributed by atoms with E-state index in [2.05, 4.69) is 9.88 Å². The van der Waals surface area contributed by atoms with Crippen LogP contribution in [-0.4, -0.2) is 16.5 Å². The number of rotatable bonds is 6. The van der Waals surface area contributed by atoms with Crippen molar-refractivity contribution in [2.75, 3.05) is 0 Å². The summed E-state index contributed by atoms with van der Waals surface area (Å²) in [7, 11) is 0. The normalized spacial score (nSPS) is 16.2. The van der Waals surface area contributed by atoms with Gasteiger partial charge in [0.2, 0.25) is 5.91 Å². The van der Waals surface area contributed by atoms with Crippen LogP contribution in [0.1, 0.15) is 55.8 Å². The fraction of sp³-hybridized carbons (Fsp3) is 0.524. The lowest BCUT2D eigenvalue weighted by Gasteiger charge is -2.17. The summed E-state index contributed by atoms with van der Waals surface area (Å²) in [6.07, 6.45) is 1.87. The molecule has 1 aromatic heterocycles. The number of aromatic nitrogens is 1. The number of benzene rings is 1. The fourth-order valence-corrected chi connectivity index (χ4v) is 4.59. The van der Waals surface area contributed by atoms with Crippen LogP contribution in [0.5, 0.6) is 0 Å². The summed E-state index contributed by atoms with van der Waals surface area (Å²) in [5, 5.41) is 4.76. The van der Waals surface area contributed by atoms with Gasteiger partial charge in [-0.2, -0.15) is 13.2 Å². The van der Waals surface area contributed by atoms with Crippen molar-refractivity contribution in [1.82, 2.24) is 9.88 Å². The summed E-state index contributed by atoms with van der Waals surface area (Å²) >= 11 is 1.56. The Morgan fingerprint density at radius 3 is 2.52 bits per heavy atom. The smallest absolute Gasteiger partial charge is 0.352 e. The molecular weight excluding hydrogens is 399 g/mol. The molecule has 1 aromatic carbocycles. The van der Waals surface area contributed by atoms with Crippen LogP contribution >= 0.6 is 11.3 Å². The van der Waals surface area contributed by atoms with Gasteiger partial charge in [-0.05, 0) is 37.5 Å². The maximum absolute atomic E-state index is 12.6. The molecule has 4 nitrogen and oxygen atoms in total. The van der Waals surface area contributed by atoms with Crippen molar-refractivity contribution in [2.24, 2.45) is 4.99 Å². The number of thiazole rings is 1. The predicted octanol–water partition coefficient (Wildman–Crippen LogP) is 4.68. The minimum absolute atomic E-state index is 0.158. The standard InChI is InChI=1S/C21H26F3N3OS/c1-2-27-18(14-29-20(27)26-17-6-4-3-5-7-17)12-19(28)25-13-15-8-10-16(11-9-15)21(22,23)24/h8-11,14,17H,2-7,12-13H2,1H3,(H,25,28). The number of hydrogen-bond acceptors (Lipinski definition) is 3. The zero-order valence-corrected chi connectivity index (χ0v) is 17.3. The maximum atomic E-state index is 12.6. The van der Waals surface area contributed by atoms with Gasteiger partial charge in [0.15, 0.2) is 4.80 Å². The van der Waals surface area contributed by atoms with Crippen LogP contribution < -0.4 is 10.1 Å². The molecular formula is C21H26F3N3OS. The van der Waals surface area contributed by atoms with Crippen LogP contribution in [0.4, 0.5) is 13.2 Å². The molecule has 1 heterocycles. The number of carbonyl (C=O) groups is 1. The van der Waals surface area contributed by atoms with E-state index in [1.165, 1.54) is 31.4 Å². The lowest BCUT2D eigenvalue weighted by atomic mass is 9.96. The van der Waals surface area contributed by atoms with Crippen molar-refractivity contribution < 1.29 is 18.0 Å². The molecule has 0 radical (unpaired) electrons. The van der Waals surface area contributed by atoms with E-state index in [1.807, 2.05) is 12.3 Å². The Kier molecular flexibility index (Phi) is 7.16. The zero-order chi connectivity index (χ0) is 20.9. The van der Waals surface area contributed by atoms with Crippen molar-refractivity contribution in [3.63, 3.8) is 0 Å². The van der Waals surface area contributed by atoms with Crippen molar-refractivity contribution in [3.05, 3.63) is 51.3 Å². The average molecular weight is 426 g/mol. The summed E-state index contributed by atoms with van der Waals surface area (Å²) in [5.41, 5.74) is 0.856. The van der Waals surface area contributed by atoms with Gasteiger partial charge in [0, 0.05) is 24.2 Å². The van der Waals surface area contributed by atoms with Crippen molar-refractivity contribution >= 4 is 17.2 Å². The molecule has 0 unspecified atom stereocenters. The molecule has 1 N–H and O–H groups in total. The number of nitrogens with zero attached hydrogens (tertiary/aromatic N) is 2. The highest BCUT2D eigenvalue weighted by atomic mass is 32.1. The molecule has 1 aliphatic rings. The molecule has 158 valence electrons. The van der Waals surface area contributed by atoms with E-state index in [1.54, 1.807) is 11.3 Å². The van der Waals surface area contributed by atoms with Crippen LogP contribution in [0.25, 0.3) is 0 Å². The Labute approximate surface area is 172 Å². The van der Waals surface area contributed by atoms with Crippen molar-refractivity contribution in [2.45, 2.75) is 70.8 Å². The van der Waals surface area contributed by atoms with Gasteiger partial charge in [-0.15, -0.1) is 11.3 Å². The molecule has 0 bridgehead atoms. The van der Waals surface area contributed by atoms with Gasteiger partial charge in [-0.25, -0.2) is 0 Å². The largest absolute Gasteiger partial charge is 0.416 e. The molecule has 1 fully saturated rings. The number of carbonyl (C=O) groups excluding carboxylic acids is 1. The number of alkyl halides is 3. The molecule has 1 amide bonds. The molecule has 0 atom stereocenters. The number of halogens is 3. The molecule has 0 saturated heterocycles. The molecule has 0 spiro atoms. The number of nitrogens with one attached hydrogen (secondary N) is 1. The second-order valence-corrected chi connectivity index (χ2v) is 8.16. The van der Waals surface area contributed by atoms with Gasteiger partial charge < -0.3 is 9.88 Å². The summed E-state index contributed by atoms with van der Waals surface area (Å²) in [4.78, 5) is 18.2. The summed E-state index contributed by atoms with van der Waals surface area (Å²) in [6.45, 7) is 2.99. The minimum Gasteiger partial charge on any atom is -0.352 e. The first kappa shape index (κ1) is 21.6. The summed E-state index contributed by atoms with van der Waals surface area (Å²) in [6, 6.07) is 5.22. The van der Waals surface area contributed by atoms with Gasteiger partial charge >= 0.3 is 6.18 Å². The monoisotopic (exact) mass is 425 g/mol.